The van der Waals surface area contributed by atoms with Gasteiger partial charge in [0.1, 0.15) is 0 Å². The lowest BCUT2D eigenvalue weighted by Crippen LogP contribution is -2.10. The highest BCUT2D eigenvalue weighted by atomic mass is 15.1. The summed E-state index contributed by atoms with van der Waals surface area (Å²) in [4.78, 5) is 2.75. The van der Waals surface area contributed by atoms with Gasteiger partial charge in [0.15, 0.2) is 0 Å². The molecular formula is C96H68N2. The van der Waals surface area contributed by atoms with E-state index < -0.39 is 12.1 Å². The average molecular weight is 1270 g/mol. The Morgan fingerprint density at radius 1 is 0.163 bits per heavy atom. The molecule has 2 heteroatoms. The summed E-state index contributed by atoms with van der Waals surface area (Å²) in [5.74, 6) is 0. The minimum Gasteiger partial charge on any atom is -0.310 e. The van der Waals surface area contributed by atoms with E-state index in [0.29, 0.717) is 44.4 Å². The van der Waals surface area contributed by atoms with Gasteiger partial charge in [0, 0.05) is 33.5 Å². The highest BCUT2D eigenvalue weighted by Crippen LogP contribution is 2.45. The van der Waals surface area contributed by atoms with Gasteiger partial charge in [0.2, 0.25) is 0 Å². The Labute approximate surface area is 596 Å². The van der Waals surface area contributed by atoms with Crippen LogP contribution in [0.4, 0.5) is 34.1 Å². The summed E-state index contributed by atoms with van der Waals surface area (Å²) >= 11 is 0. The maximum atomic E-state index is 9.62. The zero-order chi connectivity index (χ0) is 79.3. The molecule has 0 atom stereocenters. The van der Waals surface area contributed by atoms with Gasteiger partial charge in [-0.25, -0.2) is 0 Å². The number of hydrogen-bond donors (Lipinski definition) is 0. The van der Waals surface area contributed by atoms with Crippen LogP contribution >= 0.6 is 0 Å². The standard InChI is InChI=1S/C50H35N.C46H33N/c1-3-13-37(14-4-1)47-34-29-42(35-49(47)40-15-5-2-6-16-40)36-25-30-43(31-26-36)51(50-24-12-20-39-18-8-10-22-48(39)50)44-32-27-41(28-33-44)46-23-11-19-38-17-7-9-21-45(38)46;1-4-13-34(14-5-1)35-23-28-41(29-24-35)47(46-22-12-20-38-19-10-11-21-44(38)46)42-30-25-36(26-31-42)40-27-32-43(37-15-6-2-7-16-37)45(33-40)39-17-8-3-9-18-39/h1-35H;1-33H/i25D,26D,27D,28D,30D,31D,32D,33D;23D,24D,25D,26D,28D,29D,30D,31D. The molecule has 0 aliphatic rings. The van der Waals surface area contributed by atoms with Crippen LogP contribution in [0.25, 0.3) is 121 Å². The Bertz CT molecular complexity index is 6500. The fraction of sp³-hybridized carbons (Fsp3) is 0. The highest BCUT2D eigenvalue weighted by Gasteiger charge is 2.20. The van der Waals surface area contributed by atoms with Gasteiger partial charge in [0.25, 0.3) is 0 Å². The van der Waals surface area contributed by atoms with Gasteiger partial charge >= 0.3 is 0 Å². The lowest BCUT2D eigenvalue weighted by Gasteiger charge is -2.27. The van der Waals surface area contributed by atoms with Gasteiger partial charge in [-0.05, 0) is 183 Å². The Kier molecular flexibility index (Phi) is 12.6. The molecule has 17 rings (SSSR count). The molecule has 2 nitrogen and oxygen atoms in total. The van der Waals surface area contributed by atoms with Crippen LogP contribution in [0, 0.1) is 0 Å². The first-order valence-corrected chi connectivity index (χ1v) is 32.3. The number of nitrogens with zero attached hydrogens (tertiary/aromatic N) is 2. The summed E-state index contributed by atoms with van der Waals surface area (Å²) in [6.45, 7) is 0. The number of anilines is 6. The molecule has 0 amide bonds. The van der Waals surface area contributed by atoms with Crippen molar-refractivity contribution >= 4 is 66.4 Å². The average Bonchev–Trinajstić information content (AvgIpc) is 0.729. The third-order valence-corrected chi connectivity index (χ3v) is 17.4. The smallest absolute Gasteiger partial charge is 0.0645 e. The number of fused-ring (bicyclic) bond motifs is 3. The molecule has 0 bridgehead atoms. The topological polar surface area (TPSA) is 6.48 Å². The molecule has 0 aromatic heterocycles. The predicted molar refractivity (Wildman–Crippen MR) is 418 cm³/mol. The van der Waals surface area contributed by atoms with E-state index in [2.05, 4.69) is 0 Å². The summed E-state index contributed by atoms with van der Waals surface area (Å²) < 4.78 is 151. The highest BCUT2D eigenvalue weighted by molar-refractivity contribution is 6.02. The van der Waals surface area contributed by atoms with Crippen LogP contribution in [0.2, 0.25) is 0 Å². The molecule has 0 N–H and O–H groups in total. The van der Waals surface area contributed by atoms with Crippen LogP contribution < -0.4 is 9.80 Å². The van der Waals surface area contributed by atoms with Crippen LogP contribution in [-0.2, 0) is 0 Å². The van der Waals surface area contributed by atoms with E-state index in [9.17, 15) is 19.2 Å². The van der Waals surface area contributed by atoms with E-state index in [1.807, 2.05) is 261 Å². The number of rotatable bonds is 14. The van der Waals surface area contributed by atoms with Gasteiger partial charge in [-0.3, -0.25) is 0 Å². The van der Waals surface area contributed by atoms with Crippen LogP contribution in [0.5, 0.6) is 0 Å². The van der Waals surface area contributed by atoms with E-state index in [0.717, 1.165) is 66.1 Å². The lowest BCUT2D eigenvalue weighted by molar-refractivity contribution is 1.30. The van der Waals surface area contributed by atoms with Gasteiger partial charge < -0.3 is 9.80 Å². The third-order valence-electron chi connectivity index (χ3n) is 17.4. The van der Waals surface area contributed by atoms with Crippen molar-refractivity contribution in [3.8, 4) is 89.0 Å². The maximum Gasteiger partial charge on any atom is 0.0645 e. The van der Waals surface area contributed by atoms with Crippen LogP contribution in [0.1, 0.15) is 21.9 Å². The van der Waals surface area contributed by atoms with Gasteiger partial charge in [-0.15, -0.1) is 0 Å². The second-order valence-electron chi connectivity index (χ2n) is 23.4. The van der Waals surface area contributed by atoms with Crippen LogP contribution in [-0.4, -0.2) is 0 Å². The molecular weight excluding hydrogens is 1180 g/mol. The molecule has 0 heterocycles. The first-order chi connectivity index (χ1) is 55.3. The molecule has 0 saturated carbocycles. The van der Waals surface area contributed by atoms with Crippen molar-refractivity contribution in [1.82, 2.24) is 0 Å². The molecule has 0 radical (unpaired) electrons. The molecule has 0 spiro atoms. The SMILES string of the molecule is [2H]c1c([2H])c(N(c2c([2H])c([2H])c(-c3ccc(-c4ccccc4)c(-c4ccccc4)c3)c([2H])c2[2H])c2cccc3ccccc23)c([2H])c([2H])c1-c1ccccc1.[2H]c1c([2H])c(N(c2c([2H])c([2H])c(-c3cccc4ccccc34)c([2H])c2[2H])c2cccc3ccccc23)c([2H])c([2H])c1-c1ccc(-c2ccccc2)c(-c2ccccc2)c1. The minimum absolute atomic E-state index is 0.101. The second-order valence-corrected chi connectivity index (χ2v) is 23.4. The second kappa shape index (κ2) is 27.6. The Morgan fingerprint density at radius 3 is 0.816 bits per heavy atom. The Morgan fingerprint density at radius 2 is 0.439 bits per heavy atom. The number of benzene rings is 17. The van der Waals surface area contributed by atoms with E-state index in [1.165, 1.54) is 9.80 Å². The Balaban J connectivity index is 0.000000172. The normalized spacial score (nSPS) is 13.3. The summed E-state index contributed by atoms with van der Waals surface area (Å²) in [6.07, 6.45) is 0. The van der Waals surface area contributed by atoms with Gasteiger partial charge in [0.05, 0.1) is 33.3 Å². The van der Waals surface area contributed by atoms with E-state index >= 15 is 0 Å². The molecule has 17 aromatic rings. The summed E-state index contributed by atoms with van der Waals surface area (Å²) in [7, 11) is 0. The van der Waals surface area contributed by atoms with Crippen molar-refractivity contribution < 1.29 is 21.9 Å². The summed E-state index contributed by atoms with van der Waals surface area (Å²) in [6, 6.07) is 93.0. The number of hydrogen-bond acceptors (Lipinski definition) is 2. The molecule has 98 heavy (non-hydrogen) atoms. The van der Waals surface area contributed by atoms with Crippen molar-refractivity contribution in [2.75, 3.05) is 9.80 Å². The van der Waals surface area contributed by atoms with Gasteiger partial charge in [-0.2, -0.15) is 0 Å². The molecule has 462 valence electrons. The van der Waals surface area contributed by atoms with E-state index in [1.54, 1.807) is 54.6 Å². The zero-order valence-corrected chi connectivity index (χ0v) is 52.9. The monoisotopic (exact) mass is 1260 g/mol. The molecule has 0 aliphatic carbocycles. The molecule has 0 fully saturated rings. The van der Waals surface area contributed by atoms with E-state index in [-0.39, 0.29) is 130 Å². The van der Waals surface area contributed by atoms with Crippen molar-refractivity contribution in [2.24, 2.45) is 0 Å². The largest absolute Gasteiger partial charge is 0.310 e. The van der Waals surface area contributed by atoms with Gasteiger partial charge in [-0.1, -0.05) is 340 Å². The molecule has 0 unspecified atom stereocenters. The molecule has 0 saturated heterocycles. The van der Waals surface area contributed by atoms with Crippen LogP contribution in [0.15, 0.2) is 412 Å². The molecule has 0 aliphatic heterocycles. The fourth-order valence-corrected chi connectivity index (χ4v) is 12.7. The quantitative estimate of drug-likeness (QED) is 0.107. The predicted octanol–water partition coefficient (Wildman–Crippen LogP) is 27.1. The fourth-order valence-electron chi connectivity index (χ4n) is 12.7. The van der Waals surface area contributed by atoms with Crippen molar-refractivity contribution in [2.45, 2.75) is 0 Å². The Hall–Kier alpha value is -12.9. The third kappa shape index (κ3) is 12.5. The van der Waals surface area contributed by atoms with E-state index in [4.69, 9.17) is 2.74 Å². The summed E-state index contributed by atoms with van der Waals surface area (Å²) in [5, 5.41) is 4.60. The van der Waals surface area contributed by atoms with Crippen molar-refractivity contribution in [1.29, 1.82) is 0 Å². The first kappa shape index (κ1) is 44.7. The van der Waals surface area contributed by atoms with Crippen molar-refractivity contribution in [3.05, 3.63) is 412 Å². The first-order valence-electron chi connectivity index (χ1n) is 40.3. The molecule has 17 aromatic carbocycles. The summed E-state index contributed by atoms with van der Waals surface area (Å²) in [5.41, 5.74) is 10.0. The maximum absolute atomic E-state index is 9.62. The van der Waals surface area contributed by atoms with Crippen LogP contribution in [0.3, 0.4) is 0 Å². The lowest BCUT2D eigenvalue weighted by atomic mass is 9.91. The minimum atomic E-state index is -0.391. The zero-order valence-electron chi connectivity index (χ0n) is 68.9. The van der Waals surface area contributed by atoms with Crippen molar-refractivity contribution in [3.63, 3.8) is 0 Å².